The van der Waals surface area contributed by atoms with Crippen molar-refractivity contribution in [2.75, 3.05) is 26.2 Å². The van der Waals surface area contributed by atoms with Crippen molar-refractivity contribution in [3.05, 3.63) is 49.1 Å². The number of hydrogen-bond acceptors (Lipinski definition) is 4. The molecular weight excluding hydrogens is 356 g/mol. The molecule has 1 N–H and O–H groups in total. The zero-order valence-electron chi connectivity index (χ0n) is 16.1. The van der Waals surface area contributed by atoms with Gasteiger partial charge in [0.25, 0.3) is 0 Å². The predicted octanol–water partition coefficient (Wildman–Crippen LogP) is 2.10. The third-order valence-corrected chi connectivity index (χ3v) is 4.92. The van der Waals surface area contributed by atoms with E-state index in [0.717, 1.165) is 31.6 Å². The topological polar surface area (TPSA) is 76.5 Å². The molecule has 28 heavy (non-hydrogen) atoms. The third-order valence-electron chi connectivity index (χ3n) is 4.92. The molecule has 7 heteroatoms. The molecular formula is C21H28N4O3. The average molecular weight is 384 g/mol. The van der Waals surface area contributed by atoms with E-state index in [1.165, 1.54) is 0 Å². The number of aryl methyl sites for hydroxylation is 1. The molecule has 1 aromatic carbocycles. The first kappa shape index (κ1) is 19.9. The fourth-order valence-corrected chi connectivity index (χ4v) is 3.39. The highest BCUT2D eigenvalue weighted by molar-refractivity contribution is 5.81. The number of piperidine rings is 1. The number of amides is 2. The number of nitrogens with one attached hydrogen (secondary N) is 1. The summed E-state index contributed by atoms with van der Waals surface area (Å²) in [6.45, 7) is 3.03. The van der Waals surface area contributed by atoms with Gasteiger partial charge in [-0.1, -0.05) is 18.2 Å². The molecule has 0 spiro atoms. The van der Waals surface area contributed by atoms with Crippen molar-refractivity contribution in [2.24, 2.45) is 5.92 Å². The molecule has 1 fully saturated rings. The van der Waals surface area contributed by atoms with Gasteiger partial charge in [0, 0.05) is 38.6 Å². The van der Waals surface area contributed by atoms with Gasteiger partial charge in [0.2, 0.25) is 11.8 Å². The fraction of sp³-hybridized carbons (Fsp3) is 0.476. The number of hydrogen-bond donors (Lipinski definition) is 1. The molecule has 0 bridgehead atoms. The van der Waals surface area contributed by atoms with Crippen molar-refractivity contribution in [1.29, 1.82) is 0 Å². The maximum atomic E-state index is 12.5. The van der Waals surface area contributed by atoms with Crippen LogP contribution in [0.15, 0.2) is 49.1 Å². The molecule has 1 aliphatic rings. The largest absolute Gasteiger partial charge is 0.493 e. The SMILES string of the molecule is O=C(NCCCn1ccnc1)[C@H]1CCCN(C(=O)CCOc2ccccc2)C1. The molecule has 0 aliphatic carbocycles. The summed E-state index contributed by atoms with van der Waals surface area (Å²) in [5, 5.41) is 3.00. The first-order chi connectivity index (χ1) is 13.7. The summed E-state index contributed by atoms with van der Waals surface area (Å²) < 4.78 is 7.60. The van der Waals surface area contributed by atoms with E-state index in [1.807, 2.05) is 41.1 Å². The second-order valence-corrected chi connectivity index (χ2v) is 7.04. The summed E-state index contributed by atoms with van der Waals surface area (Å²) in [7, 11) is 0. The molecule has 7 nitrogen and oxygen atoms in total. The molecule has 2 amide bonds. The van der Waals surface area contributed by atoms with Crippen molar-refractivity contribution in [3.63, 3.8) is 0 Å². The Hall–Kier alpha value is -2.83. The van der Waals surface area contributed by atoms with Gasteiger partial charge in [-0.3, -0.25) is 9.59 Å². The van der Waals surface area contributed by atoms with Crippen LogP contribution in [-0.2, 0) is 16.1 Å². The smallest absolute Gasteiger partial charge is 0.226 e. The van der Waals surface area contributed by atoms with Crippen LogP contribution in [0.4, 0.5) is 0 Å². The van der Waals surface area contributed by atoms with E-state index in [-0.39, 0.29) is 17.7 Å². The Morgan fingerprint density at radius 1 is 1.25 bits per heavy atom. The van der Waals surface area contributed by atoms with E-state index in [2.05, 4.69) is 10.3 Å². The number of rotatable bonds is 9. The van der Waals surface area contributed by atoms with Gasteiger partial charge < -0.3 is 19.5 Å². The van der Waals surface area contributed by atoms with Crippen molar-refractivity contribution in [2.45, 2.75) is 32.2 Å². The second-order valence-electron chi connectivity index (χ2n) is 7.04. The zero-order chi connectivity index (χ0) is 19.6. The Labute approximate surface area is 165 Å². The van der Waals surface area contributed by atoms with Crippen molar-refractivity contribution < 1.29 is 14.3 Å². The number of aromatic nitrogens is 2. The van der Waals surface area contributed by atoms with Crippen LogP contribution in [0.5, 0.6) is 5.75 Å². The molecule has 0 radical (unpaired) electrons. The van der Waals surface area contributed by atoms with Crippen molar-refractivity contribution in [3.8, 4) is 5.75 Å². The lowest BCUT2D eigenvalue weighted by atomic mass is 9.97. The first-order valence-corrected chi connectivity index (χ1v) is 9.91. The summed E-state index contributed by atoms with van der Waals surface area (Å²) in [6, 6.07) is 9.48. The highest BCUT2D eigenvalue weighted by Crippen LogP contribution is 2.18. The van der Waals surface area contributed by atoms with Crippen LogP contribution in [0, 0.1) is 5.92 Å². The number of para-hydroxylation sites is 1. The number of ether oxygens (including phenoxy) is 1. The van der Waals surface area contributed by atoms with Gasteiger partial charge in [-0.05, 0) is 31.4 Å². The second kappa shape index (κ2) is 10.5. The minimum atomic E-state index is -0.124. The standard InChI is InChI=1S/C21H28N4O3/c26-20(9-15-28-19-7-2-1-3-8-19)25-13-4-6-18(16-25)21(27)23-10-5-12-24-14-11-22-17-24/h1-3,7-8,11,14,17-18H,4-6,9-10,12-13,15-16H2,(H,23,27)/t18-/m0/s1. The lowest BCUT2D eigenvalue weighted by Crippen LogP contribution is -2.45. The Kier molecular flexibility index (Phi) is 7.46. The first-order valence-electron chi connectivity index (χ1n) is 9.91. The molecule has 0 saturated carbocycles. The number of imidazole rings is 1. The fourth-order valence-electron chi connectivity index (χ4n) is 3.39. The Balaban J connectivity index is 1.35. The lowest BCUT2D eigenvalue weighted by Gasteiger charge is -2.32. The Morgan fingerprint density at radius 2 is 2.11 bits per heavy atom. The van der Waals surface area contributed by atoms with Crippen molar-refractivity contribution in [1.82, 2.24) is 19.8 Å². The summed E-state index contributed by atoms with van der Waals surface area (Å²) in [6.07, 6.45) is 8.30. The molecule has 1 aliphatic heterocycles. The van der Waals surface area contributed by atoms with E-state index in [0.29, 0.717) is 32.7 Å². The molecule has 2 heterocycles. The number of benzene rings is 1. The van der Waals surface area contributed by atoms with E-state index >= 15 is 0 Å². The van der Waals surface area contributed by atoms with Crippen LogP contribution >= 0.6 is 0 Å². The van der Waals surface area contributed by atoms with E-state index in [1.54, 1.807) is 17.4 Å². The van der Waals surface area contributed by atoms with Crippen LogP contribution in [0.1, 0.15) is 25.7 Å². The molecule has 3 rings (SSSR count). The van der Waals surface area contributed by atoms with Crippen molar-refractivity contribution >= 4 is 11.8 Å². The predicted molar refractivity (Wildman–Crippen MR) is 106 cm³/mol. The summed E-state index contributed by atoms with van der Waals surface area (Å²) in [4.78, 5) is 30.7. The van der Waals surface area contributed by atoms with E-state index < -0.39 is 0 Å². The number of carbonyl (C=O) groups is 2. The monoisotopic (exact) mass is 384 g/mol. The Bertz CT molecular complexity index is 733. The minimum absolute atomic E-state index is 0.0451. The van der Waals surface area contributed by atoms with Crippen LogP contribution in [0.2, 0.25) is 0 Å². The normalized spacial score (nSPS) is 16.6. The van der Waals surface area contributed by atoms with Gasteiger partial charge in [-0.25, -0.2) is 4.98 Å². The molecule has 1 saturated heterocycles. The third kappa shape index (κ3) is 6.11. The van der Waals surface area contributed by atoms with Crippen LogP contribution in [0.3, 0.4) is 0 Å². The highest BCUT2D eigenvalue weighted by atomic mass is 16.5. The summed E-state index contributed by atoms with van der Waals surface area (Å²) in [5.41, 5.74) is 0. The minimum Gasteiger partial charge on any atom is -0.493 e. The molecule has 1 aromatic heterocycles. The van der Waals surface area contributed by atoms with Crippen LogP contribution in [0.25, 0.3) is 0 Å². The summed E-state index contributed by atoms with van der Waals surface area (Å²) >= 11 is 0. The van der Waals surface area contributed by atoms with E-state index in [4.69, 9.17) is 4.74 Å². The lowest BCUT2D eigenvalue weighted by molar-refractivity contribution is -0.136. The van der Waals surface area contributed by atoms with Gasteiger partial charge in [-0.2, -0.15) is 0 Å². The van der Waals surface area contributed by atoms with Gasteiger partial charge in [0.1, 0.15) is 5.75 Å². The van der Waals surface area contributed by atoms with Gasteiger partial charge in [0.15, 0.2) is 0 Å². The Morgan fingerprint density at radius 3 is 2.89 bits per heavy atom. The highest BCUT2D eigenvalue weighted by Gasteiger charge is 2.28. The molecule has 1 atom stereocenters. The maximum absolute atomic E-state index is 12.5. The van der Waals surface area contributed by atoms with Gasteiger partial charge in [0.05, 0.1) is 25.3 Å². The van der Waals surface area contributed by atoms with Gasteiger partial charge in [-0.15, -0.1) is 0 Å². The van der Waals surface area contributed by atoms with Gasteiger partial charge >= 0.3 is 0 Å². The number of nitrogens with zero attached hydrogens (tertiary/aromatic N) is 3. The van der Waals surface area contributed by atoms with E-state index in [9.17, 15) is 9.59 Å². The summed E-state index contributed by atoms with van der Waals surface area (Å²) in [5.74, 6) is 0.736. The quantitative estimate of drug-likeness (QED) is 0.672. The maximum Gasteiger partial charge on any atom is 0.226 e. The molecule has 150 valence electrons. The number of likely N-dealkylation sites (tertiary alicyclic amines) is 1. The zero-order valence-corrected chi connectivity index (χ0v) is 16.1. The van der Waals surface area contributed by atoms with Crippen LogP contribution < -0.4 is 10.1 Å². The molecule has 0 unspecified atom stereocenters. The average Bonchev–Trinajstić information content (AvgIpc) is 3.25. The number of carbonyl (C=O) groups excluding carboxylic acids is 2. The van der Waals surface area contributed by atoms with Crippen LogP contribution in [-0.4, -0.2) is 52.5 Å². The molecule has 2 aromatic rings.